The fourth-order valence-corrected chi connectivity index (χ4v) is 1.77. The van der Waals surface area contributed by atoms with Crippen molar-refractivity contribution in [1.29, 1.82) is 0 Å². The molecule has 1 atom stereocenters. The van der Waals surface area contributed by atoms with Crippen LogP contribution in [0.5, 0.6) is 11.5 Å². The van der Waals surface area contributed by atoms with Crippen molar-refractivity contribution in [3.63, 3.8) is 0 Å². The summed E-state index contributed by atoms with van der Waals surface area (Å²) in [5.74, 6) is 1.27. The number of nitrogens with two attached hydrogens (primary N) is 1. The first-order valence-corrected chi connectivity index (χ1v) is 5.29. The Morgan fingerprint density at radius 1 is 1.25 bits per heavy atom. The Kier molecular flexibility index (Phi) is 2.78. The molecule has 88 valence electrons. The largest absolute Gasteiger partial charge is 0.493 e. The Balaban J connectivity index is 2.28. The molecular formula is C12H17NO3. The fraction of sp³-hybridized carbons (Fsp3) is 0.500. The lowest BCUT2D eigenvalue weighted by Crippen LogP contribution is -2.30. The minimum atomic E-state index is -0.632. The minimum absolute atomic E-state index is 0.445. The standard InChI is InChI=1S/C12H17NO3/c1-15-9-4-3-8(7-10(9)16-2)11(14)12(13)5-6-12/h3-4,7,11,14H,5-6,13H2,1-2H3. The van der Waals surface area contributed by atoms with Crippen LogP contribution in [0, 0.1) is 0 Å². The van der Waals surface area contributed by atoms with Crippen LogP contribution in [-0.2, 0) is 0 Å². The van der Waals surface area contributed by atoms with Gasteiger partial charge >= 0.3 is 0 Å². The maximum Gasteiger partial charge on any atom is 0.161 e. The van der Waals surface area contributed by atoms with Gasteiger partial charge in [-0.1, -0.05) is 6.07 Å². The van der Waals surface area contributed by atoms with Gasteiger partial charge in [0.15, 0.2) is 11.5 Å². The highest BCUT2D eigenvalue weighted by atomic mass is 16.5. The second kappa shape index (κ2) is 3.96. The van der Waals surface area contributed by atoms with E-state index in [2.05, 4.69) is 0 Å². The van der Waals surface area contributed by atoms with Crippen LogP contribution >= 0.6 is 0 Å². The summed E-state index contributed by atoms with van der Waals surface area (Å²) < 4.78 is 10.3. The molecule has 1 aromatic carbocycles. The molecular weight excluding hydrogens is 206 g/mol. The third-order valence-corrected chi connectivity index (χ3v) is 3.10. The highest BCUT2D eigenvalue weighted by Gasteiger charge is 2.45. The maximum atomic E-state index is 10.1. The summed E-state index contributed by atoms with van der Waals surface area (Å²) in [4.78, 5) is 0. The van der Waals surface area contributed by atoms with E-state index >= 15 is 0 Å². The molecule has 0 amide bonds. The van der Waals surface area contributed by atoms with Crippen molar-refractivity contribution in [2.45, 2.75) is 24.5 Å². The summed E-state index contributed by atoms with van der Waals surface area (Å²) in [6, 6.07) is 5.37. The quantitative estimate of drug-likeness (QED) is 0.805. The van der Waals surface area contributed by atoms with E-state index in [1.807, 2.05) is 6.07 Å². The van der Waals surface area contributed by atoms with E-state index in [9.17, 15) is 5.11 Å². The molecule has 1 aliphatic rings. The number of aliphatic hydroxyl groups excluding tert-OH is 1. The number of hydrogen-bond donors (Lipinski definition) is 2. The van der Waals surface area contributed by atoms with E-state index in [0.717, 1.165) is 18.4 Å². The second-order valence-corrected chi connectivity index (χ2v) is 4.25. The number of methoxy groups -OCH3 is 2. The van der Waals surface area contributed by atoms with Crippen molar-refractivity contribution in [3.8, 4) is 11.5 Å². The Morgan fingerprint density at radius 2 is 1.88 bits per heavy atom. The molecule has 0 saturated heterocycles. The molecule has 1 fully saturated rings. The third-order valence-electron chi connectivity index (χ3n) is 3.10. The van der Waals surface area contributed by atoms with Gasteiger partial charge in [0.2, 0.25) is 0 Å². The molecule has 16 heavy (non-hydrogen) atoms. The van der Waals surface area contributed by atoms with Crippen LogP contribution in [0.4, 0.5) is 0 Å². The van der Waals surface area contributed by atoms with Crippen LogP contribution in [0.25, 0.3) is 0 Å². The number of ether oxygens (including phenoxy) is 2. The summed E-state index contributed by atoms with van der Waals surface area (Å²) in [6.45, 7) is 0. The summed E-state index contributed by atoms with van der Waals surface area (Å²) in [5, 5.41) is 10.1. The zero-order chi connectivity index (χ0) is 11.8. The van der Waals surface area contributed by atoms with Gasteiger partial charge in [0, 0.05) is 5.54 Å². The minimum Gasteiger partial charge on any atom is -0.493 e. The summed E-state index contributed by atoms with van der Waals surface area (Å²) >= 11 is 0. The van der Waals surface area contributed by atoms with Crippen LogP contribution in [0.15, 0.2) is 18.2 Å². The third kappa shape index (κ3) is 1.86. The lowest BCUT2D eigenvalue weighted by atomic mass is 10.0. The van der Waals surface area contributed by atoms with E-state index in [-0.39, 0.29) is 0 Å². The molecule has 0 aromatic heterocycles. The fourth-order valence-electron chi connectivity index (χ4n) is 1.77. The second-order valence-electron chi connectivity index (χ2n) is 4.25. The molecule has 1 unspecified atom stereocenters. The molecule has 0 heterocycles. The summed E-state index contributed by atoms with van der Waals surface area (Å²) in [7, 11) is 3.16. The normalized spacial score (nSPS) is 19.0. The maximum absolute atomic E-state index is 10.1. The van der Waals surface area contributed by atoms with Crippen molar-refractivity contribution < 1.29 is 14.6 Å². The SMILES string of the molecule is COc1ccc(C(O)C2(N)CC2)cc1OC. The molecule has 3 N–H and O–H groups in total. The lowest BCUT2D eigenvalue weighted by Gasteiger charge is -2.19. The van der Waals surface area contributed by atoms with E-state index in [1.54, 1.807) is 26.4 Å². The Labute approximate surface area is 95.0 Å². The van der Waals surface area contributed by atoms with Crippen LogP contribution < -0.4 is 15.2 Å². The van der Waals surface area contributed by atoms with Crippen LogP contribution in [0.1, 0.15) is 24.5 Å². The summed E-state index contributed by atoms with van der Waals surface area (Å²) in [6.07, 6.45) is 1.10. The topological polar surface area (TPSA) is 64.7 Å². The molecule has 0 spiro atoms. The molecule has 0 radical (unpaired) electrons. The monoisotopic (exact) mass is 223 g/mol. The predicted molar refractivity (Wildman–Crippen MR) is 60.7 cm³/mol. The zero-order valence-electron chi connectivity index (χ0n) is 9.56. The average molecular weight is 223 g/mol. The first-order valence-electron chi connectivity index (χ1n) is 5.29. The van der Waals surface area contributed by atoms with Gasteiger partial charge in [0.05, 0.1) is 20.3 Å². The Bertz CT molecular complexity index is 388. The average Bonchev–Trinajstić information content (AvgIpc) is 3.06. The van der Waals surface area contributed by atoms with Crippen molar-refractivity contribution in [2.75, 3.05) is 14.2 Å². The molecule has 1 aromatic rings. The van der Waals surface area contributed by atoms with Gasteiger partial charge in [-0.15, -0.1) is 0 Å². The number of rotatable bonds is 4. The van der Waals surface area contributed by atoms with Crippen molar-refractivity contribution >= 4 is 0 Å². The molecule has 1 saturated carbocycles. The molecule has 4 heteroatoms. The number of aliphatic hydroxyl groups is 1. The first kappa shape index (κ1) is 11.2. The van der Waals surface area contributed by atoms with Crippen LogP contribution in [0.2, 0.25) is 0 Å². The van der Waals surface area contributed by atoms with Gasteiger partial charge in [-0.3, -0.25) is 0 Å². The molecule has 2 rings (SSSR count). The molecule has 0 aliphatic heterocycles. The van der Waals surface area contributed by atoms with E-state index in [0.29, 0.717) is 11.5 Å². The summed E-state index contributed by atoms with van der Waals surface area (Å²) in [5.41, 5.74) is 6.29. The van der Waals surface area contributed by atoms with Gasteiger partial charge in [0.25, 0.3) is 0 Å². The Hall–Kier alpha value is -1.26. The van der Waals surface area contributed by atoms with Crippen LogP contribution in [0.3, 0.4) is 0 Å². The van der Waals surface area contributed by atoms with Gasteiger partial charge in [-0.2, -0.15) is 0 Å². The number of hydrogen-bond acceptors (Lipinski definition) is 4. The van der Waals surface area contributed by atoms with E-state index < -0.39 is 11.6 Å². The molecule has 4 nitrogen and oxygen atoms in total. The van der Waals surface area contributed by atoms with Crippen molar-refractivity contribution in [1.82, 2.24) is 0 Å². The smallest absolute Gasteiger partial charge is 0.161 e. The zero-order valence-corrected chi connectivity index (χ0v) is 9.56. The number of benzene rings is 1. The Morgan fingerprint density at radius 3 is 2.38 bits per heavy atom. The lowest BCUT2D eigenvalue weighted by molar-refractivity contribution is 0.135. The highest BCUT2D eigenvalue weighted by Crippen LogP contribution is 2.44. The van der Waals surface area contributed by atoms with Crippen LogP contribution in [-0.4, -0.2) is 24.9 Å². The van der Waals surface area contributed by atoms with Gasteiger partial charge in [-0.05, 0) is 30.5 Å². The first-order chi connectivity index (χ1) is 7.60. The van der Waals surface area contributed by atoms with Crippen molar-refractivity contribution in [2.24, 2.45) is 5.73 Å². The van der Waals surface area contributed by atoms with Gasteiger partial charge < -0.3 is 20.3 Å². The van der Waals surface area contributed by atoms with Gasteiger partial charge in [-0.25, -0.2) is 0 Å². The highest BCUT2D eigenvalue weighted by molar-refractivity contribution is 5.44. The van der Waals surface area contributed by atoms with Gasteiger partial charge in [0.1, 0.15) is 0 Å². The molecule has 0 bridgehead atoms. The van der Waals surface area contributed by atoms with Crippen molar-refractivity contribution in [3.05, 3.63) is 23.8 Å². The predicted octanol–water partition coefficient (Wildman–Crippen LogP) is 1.23. The molecule has 1 aliphatic carbocycles. The van der Waals surface area contributed by atoms with E-state index in [1.165, 1.54) is 0 Å². The van der Waals surface area contributed by atoms with E-state index in [4.69, 9.17) is 15.2 Å².